The van der Waals surface area contributed by atoms with E-state index < -0.39 is 17.4 Å². The van der Waals surface area contributed by atoms with Gasteiger partial charge in [-0.15, -0.1) is 6.58 Å². The number of carbonyl (C=O) groups is 1. The lowest BCUT2D eigenvalue weighted by Gasteiger charge is -2.28. The third-order valence-corrected chi connectivity index (χ3v) is 3.30. The molecule has 0 aliphatic heterocycles. The van der Waals surface area contributed by atoms with E-state index in [4.69, 9.17) is 5.73 Å². The molecule has 0 aromatic heterocycles. The van der Waals surface area contributed by atoms with Gasteiger partial charge in [0.15, 0.2) is 0 Å². The monoisotopic (exact) mass is 283 g/mol. The summed E-state index contributed by atoms with van der Waals surface area (Å²) in [7, 11) is 0. The Morgan fingerprint density at radius 3 is 2.62 bits per heavy atom. The second-order valence-corrected chi connectivity index (χ2v) is 4.60. The van der Waals surface area contributed by atoms with E-state index in [1.807, 2.05) is 24.3 Å². The molecular formula is C12H14BrNO2. The van der Waals surface area contributed by atoms with E-state index in [1.165, 1.54) is 13.0 Å². The highest BCUT2D eigenvalue weighted by Crippen LogP contribution is 2.33. The van der Waals surface area contributed by atoms with E-state index in [2.05, 4.69) is 22.5 Å². The van der Waals surface area contributed by atoms with Gasteiger partial charge >= 0.3 is 0 Å². The number of hydrogen-bond acceptors (Lipinski definition) is 2. The Bertz CT molecular complexity index is 415. The first-order valence-corrected chi connectivity index (χ1v) is 5.59. The highest BCUT2D eigenvalue weighted by Gasteiger charge is 2.37. The van der Waals surface area contributed by atoms with Crippen LogP contribution in [0.5, 0.6) is 0 Å². The maximum atomic E-state index is 11.2. The van der Waals surface area contributed by atoms with Crippen LogP contribution in [-0.2, 0) is 4.79 Å². The second kappa shape index (κ2) is 4.80. The molecule has 0 unspecified atom stereocenters. The second-order valence-electron chi connectivity index (χ2n) is 3.75. The molecule has 2 atom stereocenters. The van der Waals surface area contributed by atoms with Crippen LogP contribution in [0.4, 0.5) is 0 Å². The molecule has 86 valence electrons. The van der Waals surface area contributed by atoms with Crippen molar-refractivity contribution in [1.82, 2.24) is 0 Å². The van der Waals surface area contributed by atoms with Crippen LogP contribution in [0.3, 0.4) is 0 Å². The molecule has 0 aliphatic rings. The van der Waals surface area contributed by atoms with Crippen LogP contribution in [0.25, 0.3) is 0 Å². The lowest BCUT2D eigenvalue weighted by atomic mass is 9.83. The Labute approximate surface area is 103 Å². The highest BCUT2D eigenvalue weighted by atomic mass is 79.9. The maximum Gasteiger partial charge on any atom is 0.250 e. The molecule has 0 saturated heterocycles. The highest BCUT2D eigenvalue weighted by molar-refractivity contribution is 9.10. The summed E-state index contributed by atoms with van der Waals surface area (Å²) in [6, 6.07) is 7.33. The summed E-state index contributed by atoms with van der Waals surface area (Å²) in [5.41, 5.74) is 4.31. The first-order chi connectivity index (χ1) is 7.41. The van der Waals surface area contributed by atoms with Gasteiger partial charge in [0.2, 0.25) is 5.91 Å². The number of carbonyl (C=O) groups excluding carboxylic acids is 1. The largest absolute Gasteiger partial charge is 0.379 e. The maximum absolute atomic E-state index is 11.2. The number of primary amides is 1. The lowest BCUT2D eigenvalue weighted by Crippen LogP contribution is -2.45. The van der Waals surface area contributed by atoms with Crippen molar-refractivity contribution in [3.63, 3.8) is 0 Å². The number of halogens is 1. The van der Waals surface area contributed by atoms with Crippen molar-refractivity contribution in [2.75, 3.05) is 0 Å². The minimum absolute atomic E-state index is 0.541. The summed E-state index contributed by atoms with van der Waals surface area (Å²) in [5.74, 6) is -1.31. The Hall–Kier alpha value is -1.13. The topological polar surface area (TPSA) is 63.3 Å². The summed E-state index contributed by atoms with van der Waals surface area (Å²) in [6.07, 6.45) is 1.52. The van der Waals surface area contributed by atoms with Crippen LogP contribution in [0.2, 0.25) is 0 Å². The normalized spacial score (nSPS) is 16.2. The van der Waals surface area contributed by atoms with Crippen LogP contribution in [-0.4, -0.2) is 16.6 Å². The molecule has 0 heterocycles. The number of nitrogens with two attached hydrogens (primary N) is 1. The van der Waals surface area contributed by atoms with Crippen molar-refractivity contribution in [3.05, 3.63) is 47.0 Å². The van der Waals surface area contributed by atoms with Gasteiger partial charge in [-0.25, -0.2) is 0 Å². The zero-order valence-electron chi connectivity index (χ0n) is 8.98. The van der Waals surface area contributed by atoms with E-state index in [0.29, 0.717) is 0 Å². The minimum atomic E-state index is -1.65. The molecule has 1 rings (SSSR count). The molecule has 3 nitrogen and oxygen atoms in total. The third-order valence-electron chi connectivity index (χ3n) is 2.58. The van der Waals surface area contributed by atoms with E-state index in [1.54, 1.807) is 0 Å². The average molecular weight is 284 g/mol. The summed E-state index contributed by atoms with van der Waals surface area (Å²) < 4.78 is 0.807. The standard InChI is InChI=1S/C12H14BrNO2/c1-3-9(12(2,16)11(14)15)8-6-4-5-7-10(8)13/h3-7,9,16H,1H2,2H3,(H2,14,15)/t9-,12+/m0/s1. The summed E-state index contributed by atoms with van der Waals surface area (Å²) in [5, 5.41) is 10.1. The van der Waals surface area contributed by atoms with Gasteiger partial charge in [0.05, 0.1) is 0 Å². The predicted octanol–water partition coefficient (Wildman–Crippen LogP) is 1.95. The van der Waals surface area contributed by atoms with Gasteiger partial charge in [-0.05, 0) is 18.6 Å². The van der Waals surface area contributed by atoms with Crippen LogP contribution < -0.4 is 5.73 Å². The number of amides is 1. The van der Waals surface area contributed by atoms with Gasteiger partial charge in [-0.2, -0.15) is 0 Å². The van der Waals surface area contributed by atoms with E-state index >= 15 is 0 Å². The van der Waals surface area contributed by atoms with Gasteiger partial charge < -0.3 is 10.8 Å². The van der Waals surface area contributed by atoms with Gasteiger partial charge in [0, 0.05) is 10.4 Å². The molecule has 0 fully saturated rings. The van der Waals surface area contributed by atoms with Crippen molar-refractivity contribution in [3.8, 4) is 0 Å². The Morgan fingerprint density at radius 2 is 2.19 bits per heavy atom. The fraction of sp³-hybridized carbons (Fsp3) is 0.250. The first kappa shape index (κ1) is 12.9. The summed E-state index contributed by atoms with van der Waals surface area (Å²) >= 11 is 3.37. The third kappa shape index (κ3) is 2.33. The molecule has 0 radical (unpaired) electrons. The van der Waals surface area contributed by atoms with Crippen molar-refractivity contribution in [1.29, 1.82) is 0 Å². The fourth-order valence-electron chi connectivity index (χ4n) is 1.54. The molecule has 1 aromatic rings. The zero-order chi connectivity index (χ0) is 12.3. The van der Waals surface area contributed by atoms with Crippen LogP contribution in [0.15, 0.2) is 41.4 Å². The molecule has 16 heavy (non-hydrogen) atoms. The average Bonchev–Trinajstić information content (AvgIpc) is 2.21. The SMILES string of the molecule is C=C[C@@H](c1ccccc1Br)[C@@](C)(O)C(N)=O. The molecule has 0 spiro atoms. The molecule has 1 aromatic carbocycles. The molecule has 0 bridgehead atoms. The molecule has 1 amide bonds. The van der Waals surface area contributed by atoms with Gasteiger partial charge in [0.25, 0.3) is 0 Å². The summed E-state index contributed by atoms with van der Waals surface area (Å²) in [4.78, 5) is 11.2. The molecule has 0 aliphatic carbocycles. The van der Waals surface area contributed by atoms with Gasteiger partial charge in [0.1, 0.15) is 5.60 Å². The lowest BCUT2D eigenvalue weighted by molar-refractivity contribution is -0.135. The molecule has 0 saturated carbocycles. The number of benzene rings is 1. The Kier molecular flexibility index (Phi) is 3.88. The molecule has 3 N–H and O–H groups in total. The van der Waals surface area contributed by atoms with Crippen LogP contribution in [0.1, 0.15) is 18.4 Å². The smallest absolute Gasteiger partial charge is 0.250 e. The van der Waals surface area contributed by atoms with Crippen molar-refractivity contribution in [2.45, 2.75) is 18.4 Å². The van der Waals surface area contributed by atoms with Crippen molar-refractivity contribution in [2.24, 2.45) is 5.73 Å². The number of aliphatic hydroxyl groups is 1. The predicted molar refractivity (Wildman–Crippen MR) is 66.9 cm³/mol. The van der Waals surface area contributed by atoms with E-state index in [-0.39, 0.29) is 0 Å². The van der Waals surface area contributed by atoms with Gasteiger partial charge in [-0.3, -0.25) is 4.79 Å². The van der Waals surface area contributed by atoms with Crippen molar-refractivity contribution >= 4 is 21.8 Å². The Morgan fingerprint density at radius 1 is 1.62 bits per heavy atom. The van der Waals surface area contributed by atoms with Crippen LogP contribution in [0, 0.1) is 0 Å². The molecule has 4 heteroatoms. The van der Waals surface area contributed by atoms with Gasteiger partial charge in [-0.1, -0.05) is 40.2 Å². The fourth-order valence-corrected chi connectivity index (χ4v) is 2.07. The molecular weight excluding hydrogens is 270 g/mol. The minimum Gasteiger partial charge on any atom is -0.379 e. The zero-order valence-corrected chi connectivity index (χ0v) is 10.6. The quantitative estimate of drug-likeness (QED) is 0.830. The number of hydrogen-bond donors (Lipinski definition) is 2. The van der Waals surface area contributed by atoms with E-state index in [9.17, 15) is 9.90 Å². The number of rotatable bonds is 4. The first-order valence-electron chi connectivity index (χ1n) is 4.80. The van der Waals surface area contributed by atoms with E-state index in [0.717, 1.165) is 10.0 Å². The summed E-state index contributed by atoms with van der Waals surface area (Å²) in [6.45, 7) is 5.03. The Balaban J connectivity index is 3.23. The van der Waals surface area contributed by atoms with Crippen molar-refractivity contribution < 1.29 is 9.90 Å². The van der Waals surface area contributed by atoms with Crippen LogP contribution >= 0.6 is 15.9 Å².